The van der Waals surface area contributed by atoms with Gasteiger partial charge in [0.05, 0.1) is 20.3 Å². The lowest BCUT2D eigenvalue weighted by molar-refractivity contribution is 0.236. The van der Waals surface area contributed by atoms with Crippen molar-refractivity contribution in [1.82, 2.24) is 10.6 Å². The van der Waals surface area contributed by atoms with Gasteiger partial charge in [0, 0.05) is 12.1 Å². The second-order valence-corrected chi connectivity index (χ2v) is 5.37. The smallest absolute Gasteiger partial charge is 0.315 e. The molecule has 0 aliphatic carbocycles. The maximum atomic E-state index is 12.2. The number of nitrogens with one attached hydrogen (secondary N) is 2. The summed E-state index contributed by atoms with van der Waals surface area (Å²) < 4.78 is 10.4. The Labute approximate surface area is 143 Å². The van der Waals surface area contributed by atoms with Crippen molar-refractivity contribution in [2.45, 2.75) is 25.9 Å². The van der Waals surface area contributed by atoms with Crippen LogP contribution < -0.4 is 20.1 Å². The Kier molecular flexibility index (Phi) is 6.49. The summed E-state index contributed by atoms with van der Waals surface area (Å²) in [6.07, 6.45) is 0.800. The summed E-state index contributed by atoms with van der Waals surface area (Å²) >= 11 is 0. The molecule has 5 nitrogen and oxygen atoms in total. The van der Waals surface area contributed by atoms with E-state index in [2.05, 4.69) is 10.6 Å². The monoisotopic (exact) mass is 328 g/mol. The van der Waals surface area contributed by atoms with Crippen LogP contribution in [0.15, 0.2) is 48.5 Å². The molecule has 2 N–H and O–H groups in total. The average molecular weight is 328 g/mol. The normalized spacial score (nSPS) is 11.5. The molecule has 0 bridgehead atoms. The first-order valence-corrected chi connectivity index (χ1v) is 7.98. The zero-order valence-corrected chi connectivity index (χ0v) is 14.3. The van der Waals surface area contributed by atoms with E-state index in [4.69, 9.17) is 9.47 Å². The van der Waals surface area contributed by atoms with Gasteiger partial charge in [-0.25, -0.2) is 4.79 Å². The predicted octanol–water partition coefficient (Wildman–Crippen LogP) is 3.65. The van der Waals surface area contributed by atoms with Crippen molar-refractivity contribution in [2.24, 2.45) is 0 Å². The van der Waals surface area contributed by atoms with Crippen LogP contribution in [0.4, 0.5) is 4.79 Å². The Balaban J connectivity index is 1.94. The number of carbonyl (C=O) groups excluding carboxylic acids is 1. The van der Waals surface area contributed by atoms with Crippen molar-refractivity contribution >= 4 is 6.03 Å². The van der Waals surface area contributed by atoms with Crippen molar-refractivity contribution in [1.29, 1.82) is 0 Å². The zero-order chi connectivity index (χ0) is 17.4. The molecule has 2 aromatic rings. The number of carbonyl (C=O) groups is 1. The van der Waals surface area contributed by atoms with Gasteiger partial charge in [-0.2, -0.15) is 0 Å². The van der Waals surface area contributed by atoms with Gasteiger partial charge >= 0.3 is 6.03 Å². The summed E-state index contributed by atoms with van der Waals surface area (Å²) in [6, 6.07) is 15.1. The summed E-state index contributed by atoms with van der Waals surface area (Å²) in [5, 5.41) is 5.87. The van der Waals surface area contributed by atoms with Gasteiger partial charge in [-0.05, 0) is 30.2 Å². The molecule has 2 aromatic carbocycles. The highest BCUT2D eigenvalue weighted by atomic mass is 16.5. The highest BCUT2D eigenvalue weighted by molar-refractivity contribution is 5.74. The van der Waals surface area contributed by atoms with Gasteiger partial charge in [-0.1, -0.05) is 37.3 Å². The van der Waals surface area contributed by atoms with E-state index in [9.17, 15) is 4.79 Å². The highest BCUT2D eigenvalue weighted by Gasteiger charge is 2.13. The van der Waals surface area contributed by atoms with E-state index in [0.717, 1.165) is 29.0 Å². The standard InChI is InChI=1S/C19H24N2O3/c1-4-17(14-9-11-16(23-2)12-10-14)21-19(22)20-13-15-7-5-6-8-18(15)24-3/h5-12,17H,4,13H2,1-3H3,(H2,20,21,22). The van der Waals surface area contributed by atoms with Crippen LogP contribution in [0.1, 0.15) is 30.5 Å². The van der Waals surface area contributed by atoms with E-state index >= 15 is 0 Å². The van der Waals surface area contributed by atoms with Crippen LogP contribution in [-0.2, 0) is 6.54 Å². The Morgan fingerprint density at radius 3 is 2.38 bits per heavy atom. The van der Waals surface area contributed by atoms with Crippen molar-refractivity contribution < 1.29 is 14.3 Å². The lowest BCUT2D eigenvalue weighted by atomic mass is 10.0. The molecule has 0 heterocycles. The van der Waals surface area contributed by atoms with Crippen LogP contribution in [0.3, 0.4) is 0 Å². The van der Waals surface area contributed by atoms with Crippen LogP contribution in [0.25, 0.3) is 0 Å². The van der Waals surface area contributed by atoms with E-state index in [1.165, 1.54) is 0 Å². The van der Waals surface area contributed by atoms with Gasteiger partial charge in [-0.15, -0.1) is 0 Å². The summed E-state index contributed by atoms with van der Waals surface area (Å²) in [5.41, 5.74) is 1.98. The van der Waals surface area contributed by atoms with Gasteiger partial charge in [0.1, 0.15) is 11.5 Å². The molecule has 0 aliphatic heterocycles. The number of hydrogen-bond donors (Lipinski definition) is 2. The fourth-order valence-corrected chi connectivity index (χ4v) is 2.49. The van der Waals surface area contributed by atoms with Gasteiger partial charge in [0.15, 0.2) is 0 Å². The lowest BCUT2D eigenvalue weighted by Crippen LogP contribution is -2.37. The molecule has 1 unspecified atom stereocenters. The molecule has 0 aliphatic rings. The first kappa shape index (κ1) is 17.7. The third kappa shape index (κ3) is 4.65. The zero-order valence-electron chi connectivity index (χ0n) is 14.3. The number of benzene rings is 2. The minimum absolute atomic E-state index is 0.0476. The molecule has 0 radical (unpaired) electrons. The van der Waals surface area contributed by atoms with E-state index in [1.807, 2.05) is 55.5 Å². The largest absolute Gasteiger partial charge is 0.497 e. The minimum atomic E-state index is -0.205. The van der Waals surface area contributed by atoms with E-state index in [1.54, 1.807) is 14.2 Å². The van der Waals surface area contributed by atoms with Crippen molar-refractivity contribution in [3.05, 3.63) is 59.7 Å². The lowest BCUT2D eigenvalue weighted by Gasteiger charge is -2.18. The van der Waals surface area contributed by atoms with Crippen LogP contribution in [-0.4, -0.2) is 20.3 Å². The van der Waals surface area contributed by atoms with Crippen molar-refractivity contribution in [2.75, 3.05) is 14.2 Å². The third-order valence-corrected chi connectivity index (χ3v) is 3.86. The second kappa shape index (κ2) is 8.82. The Morgan fingerprint density at radius 2 is 1.75 bits per heavy atom. The number of rotatable bonds is 7. The molecular weight excluding hydrogens is 304 g/mol. The quantitative estimate of drug-likeness (QED) is 0.815. The number of methoxy groups -OCH3 is 2. The molecule has 1 atom stereocenters. The van der Waals surface area contributed by atoms with E-state index in [0.29, 0.717) is 6.54 Å². The van der Waals surface area contributed by atoms with Gasteiger partial charge in [-0.3, -0.25) is 0 Å². The Hall–Kier alpha value is -2.69. The van der Waals surface area contributed by atoms with Gasteiger partial charge in [0.2, 0.25) is 0 Å². The number of urea groups is 1. The topological polar surface area (TPSA) is 59.6 Å². The van der Waals surface area contributed by atoms with Crippen LogP contribution >= 0.6 is 0 Å². The van der Waals surface area contributed by atoms with Gasteiger partial charge < -0.3 is 20.1 Å². The molecule has 5 heteroatoms. The summed E-state index contributed by atoms with van der Waals surface area (Å²) in [5.74, 6) is 1.56. The molecule has 2 amide bonds. The van der Waals surface area contributed by atoms with E-state index in [-0.39, 0.29) is 12.1 Å². The highest BCUT2D eigenvalue weighted by Crippen LogP contribution is 2.20. The summed E-state index contributed by atoms with van der Waals surface area (Å²) in [7, 11) is 3.26. The number of amides is 2. The molecule has 0 fully saturated rings. The molecule has 24 heavy (non-hydrogen) atoms. The molecule has 0 saturated carbocycles. The molecule has 0 aromatic heterocycles. The Bertz CT molecular complexity index is 656. The van der Waals surface area contributed by atoms with Crippen LogP contribution in [0, 0.1) is 0 Å². The Morgan fingerprint density at radius 1 is 1.04 bits per heavy atom. The van der Waals surface area contributed by atoms with Crippen LogP contribution in [0.2, 0.25) is 0 Å². The molecule has 0 saturated heterocycles. The minimum Gasteiger partial charge on any atom is -0.497 e. The van der Waals surface area contributed by atoms with Crippen molar-refractivity contribution in [3.8, 4) is 11.5 Å². The van der Waals surface area contributed by atoms with Gasteiger partial charge in [0.25, 0.3) is 0 Å². The SMILES string of the molecule is CCC(NC(=O)NCc1ccccc1OC)c1ccc(OC)cc1. The van der Waals surface area contributed by atoms with Crippen LogP contribution in [0.5, 0.6) is 11.5 Å². The molecule has 128 valence electrons. The molecule has 0 spiro atoms. The van der Waals surface area contributed by atoms with Crippen molar-refractivity contribution in [3.63, 3.8) is 0 Å². The average Bonchev–Trinajstić information content (AvgIpc) is 2.64. The summed E-state index contributed by atoms with van der Waals surface area (Å²) in [4.78, 5) is 12.2. The number of para-hydroxylation sites is 1. The first-order valence-electron chi connectivity index (χ1n) is 7.98. The first-order chi connectivity index (χ1) is 11.7. The maximum absolute atomic E-state index is 12.2. The maximum Gasteiger partial charge on any atom is 0.315 e. The number of ether oxygens (including phenoxy) is 2. The molecular formula is C19H24N2O3. The third-order valence-electron chi connectivity index (χ3n) is 3.86. The predicted molar refractivity (Wildman–Crippen MR) is 94.4 cm³/mol. The summed E-state index contributed by atoms with van der Waals surface area (Å²) in [6.45, 7) is 2.45. The molecule has 2 rings (SSSR count). The second-order valence-electron chi connectivity index (χ2n) is 5.37. The fourth-order valence-electron chi connectivity index (χ4n) is 2.49. The number of hydrogen-bond acceptors (Lipinski definition) is 3. The van der Waals surface area contributed by atoms with E-state index < -0.39 is 0 Å². The fraction of sp³-hybridized carbons (Fsp3) is 0.316.